The van der Waals surface area contributed by atoms with Crippen LogP contribution >= 0.6 is 0 Å². The van der Waals surface area contributed by atoms with Gasteiger partial charge in [0.2, 0.25) is 0 Å². The van der Waals surface area contributed by atoms with Crippen LogP contribution in [0.1, 0.15) is 0 Å². The molecule has 64 valence electrons. The highest BCUT2D eigenvalue weighted by Crippen LogP contribution is 2.04. The van der Waals surface area contributed by atoms with E-state index in [0.717, 1.165) is 0 Å². The van der Waals surface area contributed by atoms with Gasteiger partial charge in [-0.15, -0.1) is 0 Å². The van der Waals surface area contributed by atoms with Crippen molar-refractivity contribution in [3.63, 3.8) is 0 Å². The van der Waals surface area contributed by atoms with Crippen LogP contribution in [0.25, 0.3) is 0 Å². The molecule has 1 aliphatic heterocycles. The molecular weight excluding hydrogens is 168 g/mol. The number of rotatable bonds is 1. The van der Waals surface area contributed by atoms with Crippen molar-refractivity contribution in [1.82, 2.24) is 5.32 Å². The number of nitrogens with one attached hydrogen (secondary N) is 2. The Balaban J connectivity index is 2.62. The molecule has 0 radical (unpaired) electrons. The van der Waals surface area contributed by atoms with Gasteiger partial charge in [0.05, 0.1) is 28.5 Å². The fourth-order valence-electron chi connectivity index (χ4n) is 0.916. The van der Waals surface area contributed by atoms with Gasteiger partial charge >= 0.3 is 5.97 Å². The normalized spacial score (nSPS) is 37.0. The monoisotopic (exact) mass is 178 g/mol. The van der Waals surface area contributed by atoms with E-state index in [2.05, 4.69) is 10.1 Å². The Kier molecular flexibility index (Phi) is 2.15. The Morgan fingerprint density at radius 1 is 1.82 bits per heavy atom. The van der Waals surface area contributed by atoms with E-state index in [1.807, 2.05) is 0 Å². The molecule has 0 bridgehead atoms. The van der Waals surface area contributed by atoms with E-state index < -0.39 is 21.7 Å². The van der Waals surface area contributed by atoms with Gasteiger partial charge in [-0.1, -0.05) is 0 Å². The number of carbonyl (C=O) groups excluding carboxylic acids is 1. The molecule has 1 aliphatic rings. The van der Waals surface area contributed by atoms with Crippen LogP contribution in [0.5, 0.6) is 0 Å². The van der Waals surface area contributed by atoms with Crippen LogP contribution in [0.3, 0.4) is 0 Å². The van der Waals surface area contributed by atoms with E-state index in [1.165, 1.54) is 7.11 Å². The van der Waals surface area contributed by atoms with Crippen molar-refractivity contribution in [1.29, 1.82) is 4.78 Å². The van der Waals surface area contributed by atoms with Gasteiger partial charge in [-0.3, -0.25) is 14.9 Å². The zero-order valence-corrected chi connectivity index (χ0v) is 6.94. The molecule has 0 aromatic carbocycles. The molecule has 0 saturated carbocycles. The van der Waals surface area contributed by atoms with Gasteiger partial charge in [0, 0.05) is 0 Å². The lowest BCUT2D eigenvalue weighted by Crippen LogP contribution is -2.33. The summed E-state index contributed by atoms with van der Waals surface area (Å²) in [7, 11) is -1.29. The molecule has 0 spiro atoms. The minimum atomic E-state index is -2.56. The second-order valence-electron chi connectivity index (χ2n) is 2.40. The smallest absolute Gasteiger partial charge is 0.323 e. The molecule has 1 heterocycles. The third-order valence-electron chi connectivity index (χ3n) is 1.48. The van der Waals surface area contributed by atoms with Crippen molar-refractivity contribution in [3.8, 4) is 0 Å². The molecule has 0 aromatic rings. The molecule has 0 aromatic heterocycles. The Morgan fingerprint density at radius 3 is 2.82 bits per heavy atom. The van der Waals surface area contributed by atoms with E-state index in [0.29, 0.717) is 0 Å². The van der Waals surface area contributed by atoms with E-state index >= 15 is 0 Å². The number of hydrogen-bond acceptors (Lipinski definition) is 5. The summed E-state index contributed by atoms with van der Waals surface area (Å²) in [4.78, 5) is 10.8. The molecule has 6 heteroatoms. The summed E-state index contributed by atoms with van der Waals surface area (Å²) in [5, 5.41) is 2.66. The lowest BCUT2D eigenvalue weighted by atomic mass is 10.3. The SMILES string of the molecule is COC(=O)C1CS(=N)(=O)CN1. The number of hydrogen-bond donors (Lipinski definition) is 2. The van der Waals surface area contributed by atoms with Crippen LogP contribution in [0.4, 0.5) is 0 Å². The van der Waals surface area contributed by atoms with Gasteiger partial charge in [0.1, 0.15) is 6.04 Å². The zero-order chi connectivity index (χ0) is 8.48. The highest BCUT2D eigenvalue weighted by molar-refractivity contribution is 7.92. The average molecular weight is 178 g/mol. The minimum Gasteiger partial charge on any atom is -0.468 e. The van der Waals surface area contributed by atoms with E-state index in [4.69, 9.17) is 4.78 Å². The number of methoxy groups -OCH3 is 1. The van der Waals surface area contributed by atoms with Crippen molar-refractivity contribution in [2.45, 2.75) is 6.04 Å². The Hall–Kier alpha value is -0.620. The maximum atomic E-state index is 11.0. The number of esters is 1. The summed E-state index contributed by atoms with van der Waals surface area (Å²) in [6.07, 6.45) is 0. The van der Waals surface area contributed by atoms with Crippen LogP contribution in [0.15, 0.2) is 0 Å². The molecular formula is C5H10N2O3S. The molecule has 5 nitrogen and oxygen atoms in total. The van der Waals surface area contributed by atoms with E-state index in [1.54, 1.807) is 0 Å². The van der Waals surface area contributed by atoms with Crippen LogP contribution in [0, 0.1) is 4.78 Å². The van der Waals surface area contributed by atoms with Crippen molar-refractivity contribution in [2.24, 2.45) is 0 Å². The standard InChI is InChI=1S/C5H10N2O3S/c1-10-5(8)4-2-11(6,9)3-7-4/h4,6-7H,2-3H2,1H3. The Morgan fingerprint density at radius 2 is 2.45 bits per heavy atom. The van der Waals surface area contributed by atoms with Crippen LogP contribution in [-0.2, 0) is 19.3 Å². The third kappa shape index (κ3) is 1.90. The first-order valence-corrected chi connectivity index (χ1v) is 5.00. The molecule has 2 N–H and O–H groups in total. The summed E-state index contributed by atoms with van der Waals surface area (Å²) < 4.78 is 22.6. The molecule has 1 rings (SSSR count). The van der Waals surface area contributed by atoms with Gasteiger partial charge in [0.15, 0.2) is 0 Å². The molecule has 1 fully saturated rings. The summed E-state index contributed by atoms with van der Waals surface area (Å²) in [6.45, 7) is 0. The van der Waals surface area contributed by atoms with Gasteiger partial charge in [-0.25, -0.2) is 4.21 Å². The zero-order valence-electron chi connectivity index (χ0n) is 6.12. The number of ether oxygens (including phenoxy) is 1. The van der Waals surface area contributed by atoms with Crippen molar-refractivity contribution >= 4 is 15.7 Å². The van der Waals surface area contributed by atoms with Crippen molar-refractivity contribution in [2.75, 3.05) is 18.7 Å². The highest BCUT2D eigenvalue weighted by atomic mass is 32.2. The summed E-state index contributed by atoms with van der Waals surface area (Å²) >= 11 is 0. The van der Waals surface area contributed by atoms with Crippen molar-refractivity contribution < 1.29 is 13.7 Å². The van der Waals surface area contributed by atoms with Crippen molar-refractivity contribution in [3.05, 3.63) is 0 Å². The minimum absolute atomic E-state index is 0.0691. The first-order chi connectivity index (χ1) is 5.05. The molecule has 2 unspecified atom stereocenters. The van der Waals surface area contributed by atoms with Gasteiger partial charge in [0.25, 0.3) is 0 Å². The lowest BCUT2D eigenvalue weighted by molar-refractivity contribution is -0.142. The molecule has 2 atom stereocenters. The Bertz CT molecular complexity index is 259. The van der Waals surface area contributed by atoms with Gasteiger partial charge in [-0.2, -0.15) is 0 Å². The predicted octanol–water partition coefficient (Wildman–Crippen LogP) is -0.865. The quantitative estimate of drug-likeness (QED) is 0.512. The maximum absolute atomic E-state index is 11.0. The first kappa shape index (κ1) is 8.48. The van der Waals surface area contributed by atoms with Crippen LogP contribution in [-0.4, -0.2) is 35.0 Å². The summed E-state index contributed by atoms with van der Waals surface area (Å²) in [5.74, 6) is -0.283. The molecule has 0 aliphatic carbocycles. The predicted molar refractivity (Wildman–Crippen MR) is 39.5 cm³/mol. The van der Waals surface area contributed by atoms with E-state index in [-0.39, 0.29) is 11.6 Å². The maximum Gasteiger partial charge on any atom is 0.323 e. The largest absolute Gasteiger partial charge is 0.468 e. The average Bonchev–Trinajstić information content (AvgIpc) is 2.29. The lowest BCUT2D eigenvalue weighted by Gasteiger charge is -2.03. The second kappa shape index (κ2) is 2.78. The van der Waals surface area contributed by atoms with Crippen LogP contribution < -0.4 is 5.32 Å². The topological polar surface area (TPSA) is 79.2 Å². The fraction of sp³-hybridized carbons (Fsp3) is 0.800. The Labute approximate surface area is 65.1 Å². The fourth-order valence-corrected chi connectivity index (χ4v) is 2.30. The third-order valence-corrected chi connectivity index (χ3v) is 2.99. The van der Waals surface area contributed by atoms with Crippen LogP contribution in [0.2, 0.25) is 0 Å². The van der Waals surface area contributed by atoms with E-state index in [9.17, 15) is 9.00 Å². The molecule has 1 saturated heterocycles. The molecule has 11 heavy (non-hydrogen) atoms. The molecule has 0 amide bonds. The van der Waals surface area contributed by atoms with Gasteiger partial charge < -0.3 is 4.74 Å². The summed E-state index contributed by atoms with van der Waals surface area (Å²) in [5.41, 5.74) is 0. The second-order valence-corrected chi connectivity index (χ2v) is 4.65. The summed E-state index contributed by atoms with van der Waals surface area (Å²) in [6, 6.07) is -0.551. The first-order valence-electron chi connectivity index (χ1n) is 3.10. The highest BCUT2D eigenvalue weighted by Gasteiger charge is 2.30. The number of carbonyl (C=O) groups is 1. The van der Waals surface area contributed by atoms with Gasteiger partial charge in [-0.05, 0) is 0 Å².